The van der Waals surface area contributed by atoms with E-state index < -0.39 is 22.7 Å². The van der Waals surface area contributed by atoms with Gasteiger partial charge in [0.1, 0.15) is 0 Å². The molecule has 1 aliphatic heterocycles. The predicted molar refractivity (Wildman–Crippen MR) is 139 cm³/mol. The molecule has 0 atom stereocenters. The molecule has 186 valence electrons. The van der Waals surface area contributed by atoms with E-state index in [-0.39, 0.29) is 41.5 Å². The van der Waals surface area contributed by atoms with Crippen LogP contribution in [0.3, 0.4) is 0 Å². The van der Waals surface area contributed by atoms with Crippen LogP contribution in [0.15, 0.2) is 45.6 Å². The molecule has 1 aromatic heterocycles. The van der Waals surface area contributed by atoms with Crippen molar-refractivity contribution in [1.29, 1.82) is 0 Å². The van der Waals surface area contributed by atoms with Crippen LogP contribution in [0, 0.1) is 0 Å². The molecule has 1 saturated heterocycles. The van der Waals surface area contributed by atoms with E-state index in [0.717, 1.165) is 31.6 Å². The maximum atomic E-state index is 12.5. The van der Waals surface area contributed by atoms with Crippen LogP contribution in [-0.4, -0.2) is 58.3 Å². The number of phenolic OH excluding ortho intramolecular Hbond substituents is 2. The van der Waals surface area contributed by atoms with Gasteiger partial charge in [-0.3, -0.25) is 4.79 Å². The van der Waals surface area contributed by atoms with Crippen molar-refractivity contribution in [1.82, 2.24) is 9.80 Å². The molecular weight excluding hydrogens is 479 g/mol. The summed E-state index contributed by atoms with van der Waals surface area (Å²) in [5.41, 5.74) is 0.812. The maximum absolute atomic E-state index is 12.5. The molecule has 2 heterocycles. The Balaban J connectivity index is 0.00000204. The molecule has 3 N–H and O–H groups in total. The fourth-order valence-electron chi connectivity index (χ4n) is 4.32. The van der Waals surface area contributed by atoms with Gasteiger partial charge in [0, 0.05) is 12.1 Å². The fraction of sp³-hybridized carbons (Fsp3) is 0.400. The van der Waals surface area contributed by atoms with Crippen LogP contribution >= 0.6 is 24.8 Å². The lowest BCUT2D eigenvalue weighted by Crippen LogP contribution is -2.32. The van der Waals surface area contributed by atoms with Gasteiger partial charge in [-0.15, -0.1) is 24.8 Å². The molecule has 0 aliphatic carbocycles. The van der Waals surface area contributed by atoms with E-state index in [1.54, 1.807) is 12.1 Å². The van der Waals surface area contributed by atoms with Crippen LogP contribution in [0.5, 0.6) is 17.2 Å². The second kappa shape index (κ2) is 12.3. The van der Waals surface area contributed by atoms with Crippen molar-refractivity contribution >= 4 is 35.8 Å². The van der Waals surface area contributed by atoms with E-state index in [1.165, 1.54) is 44.5 Å². The lowest BCUT2D eigenvalue weighted by molar-refractivity contribution is 0.210. The third kappa shape index (κ3) is 6.16. The molecule has 7 nitrogen and oxygen atoms in total. The Hall–Kier alpha value is -2.45. The number of hydrogen-bond acceptors (Lipinski definition) is 7. The second-order valence-electron chi connectivity index (χ2n) is 8.61. The molecule has 4 rings (SSSR count). The quantitative estimate of drug-likeness (QED) is 0.395. The summed E-state index contributed by atoms with van der Waals surface area (Å²) in [4.78, 5) is 17.3. The lowest BCUT2D eigenvalue weighted by atomic mass is 10.1. The van der Waals surface area contributed by atoms with Crippen molar-refractivity contribution in [2.24, 2.45) is 0 Å². The number of fused-ring (bicyclic) bond motifs is 1. The summed E-state index contributed by atoms with van der Waals surface area (Å²) in [7, 11) is 2.10. The van der Waals surface area contributed by atoms with Gasteiger partial charge >= 0.3 is 0 Å². The number of rotatable bonds is 7. The summed E-state index contributed by atoms with van der Waals surface area (Å²) >= 11 is 0. The number of aromatic hydroxyl groups is 3. The van der Waals surface area contributed by atoms with Crippen molar-refractivity contribution < 1.29 is 19.7 Å². The van der Waals surface area contributed by atoms with E-state index in [1.807, 2.05) is 12.1 Å². The molecule has 1 aliphatic rings. The van der Waals surface area contributed by atoms with Crippen molar-refractivity contribution in [3.63, 3.8) is 0 Å². The largest absolute Gasteiger partial charge is 0.504 e. The number of phenols is 2. The maximum Gasteiger partial charge on any atom is 0.235 e. The summed E-state index contributed by atoms with van der Waals surface area (Å²) in [6.45, 7) is 5.40. The van der Waals surface area contributed by atoms with Crippen molar-refractivity contribution in [2.75, 3.05) is 33.2 Å². The smallest absolute Gasteiger partial charge is 0.235 e. The number of nitrogens with zero attached hydrogens (tertiary/aromatic N) is 2. The summed E-state index contributed by atoms with van der Waals surface area (Å²) in [6, 6.07) is 9.92. The van der Waals surface area contributed by atoms with Crippen molar-refractivity contribution in [3.8, 4) is 28.6 Å². The molecule has 3 aromatic rings. The third-order valence-electron chi connectivity index (χ3n) is 6.12. The highest BCUT2D eigenvalue weighted by Gasteiger charge is 2.19. The summed E-state index contributed by atoms with van der Waals surface area (Å²) in [6.07, 6.45) is 5.13. The first kappa shape index (κ1) is 27.8. The van der Waals surface area contributed by atoms with Gasteiger partial charge in [-0.25, -0.2) is 0 Å². The van der Waals surface area contributed by atoms with Crippen LogP contribution in [0.1, 0.15) is 31.2 Å². The average molecular weight is 511 g/mol. The van der Waals surface area contributed by atoms with Gasteiger partial charge < -0.3 is 29.5 Å². The molecule has 0 amide bonds. The molecule has 34 heavy (non-hydrogen) atoms. The number of piperidine rings is 1. The molecule has 0 bridgehead atoms. The fourth-order valence-corrected chi connectivity index (χ4v) is 4.32. The van der Waals surface area contributed by atoms with E-state index in [2.05, 4.69) is 16.8 Å². The summed E-state index contributed by atoms with van der Waals surface area (Å²) in [5.74, 6) is -1.48. The number of likely N-dealkylation sites (tertiary alicyclic amines) is 1. The van der Waals surface area contributed by atoms with Crippen molar-refractivity contribution in [2.45, 2.75) is 32.2 Å². The Morgan fingerprint density at radius 2 is 1.62 bits per heavy atom. The molecule has 0 unspecified atom stereocenters. The van der Waals surface area contributed by atoms with Gasteiger partial charge in [0.15, 0.2) is 17.1 Å². The zero-order valence-corrected chi connectivity index (χ0v) is 20.8. The van der Waals surface area contributed by atoms with Gasteiger partial charge in [-0.2, -0.15) is 0 Å². The molecule has 2 aromatic carbocycles. The molecule has 9 heteroatoms. The van der Waals surface area contributed by atoms with E-state index in [9.17, 15) is 20.1 Å². The minimum Gasteiger partial charge on any atom is -0.504 e. The van der Waals surface area contributed by atoms with Crippen molar-refractivity contribution in [3.05, 3.63) is 52.2 Å². The first-order valence-electron chi connectivity index (χ1n) is 11.1. The van der Waals surface area contributed by atoms with Gasteiger partial charge in [-0.05, 0) is 70.2 Å². The Labute approximate surface area is 211 Å². The Morgan fingerprint density at radius 1 is 0.941 bits per heavy atom. The summed E-state index contributed by atoms with van der Waals surface area (Å²) in [5, 5.41) is 30.2. The normalized spacial score (nSPS) is 14.1. The standard InChI is InChI=1S/C25H30N2O5.2ClH/c1-26(12-5-15-27-13-3-2-4-14-27)16-17-6-8-18(9-7-17)24-23(31)21(29)19-10-11-20(28)22(30)25(19)32-24;;/h6-11,28,30-31H,2-5,12-16H2,1H3;2*1H. The second-order valence-corrected chi connectivity index (χ2v) is 8.61. The van der Waals surface area contributed by atoms with E-state index in [4.69, 9.17) is 4.42 Å². The van der Waals surface area contributed by atoms with Gasteiger partial charge in [0.2, 0.25) is 16.9 Å². The number of halogens is 2. The third-order valence-corrected chi connectivity index (χ3v) is 6.12. The van der Waals surface area contributed by atoms with Gasteiger partial charge in [0.25, 0.3) is 0 Å². The number of benzene rings is 2. The molecule has 0 radical (unpaired) electrons. The first-order chi connectivity index (χ1) is 15.4. The Morgan fingerprint density at radius 3 is 2.29 bits per heavy atom. The topological polar surface area (TPSA) is 97.4 Å². The molecule has 0 spiro atoms. The van der Waals surface area contributed by atoms with Gasteiger partial charge in [0.05, 0.1) is 5.39 Å². The van der Waals surface area contributed by atoms with E-state index >= 15 is 0 Å². The van der Waals surface area contributed by atoms with Gasteiger partial charge in [-0.1, -0.05) is 30.7 Å². The highest BCUT2D eigenvalue weighted by Crippen LogP contribution is 2.37. The minimum atomic E-state index is -0.658. The Bertz CT molecular complexity index is 1140. The van der Waals surface area contributed by atoms with Crippen LogP contribution in [0.25, 0.3) is 22.3 Å². The van der Waals surface area contributed by atoms with E-state index in [0.29, 0.717) is 5.56 Å². The number of hydrogen-bond donors (Lipinski definition) is 3. The molecule has 0 saturated carbocycles. The highest BCUT2D eigenvalue weighted by atomic mass is 35.5. The highest BCUT2D eigenvalue weighted by molar-refractivity contribution is 5.88. The first-order valence-corrected chi connectivity index (χ1v) is 11.1. The lowest BCUT2D eigenvalue weighted by Gasteiger charge is -2.27. The predicted octanol–water partition coefficient (Wildman–Crippen LogP) is 4.73. The summed E-state index contributed by atoms with van der Waals surface area (Å²) < 4.78 is 5.63. The Kier molecular flexibility index (Phi) is 10.1. The van der Waals surface area contributed by atoms with Crippen LogP contribution in [-0.2, 0) is 6.54 Å². The zero-order chi connectivity index (χ0) is 22.7. The minimum absolute atomic E-state index is 0. The zero-order valence-electron chi connectivity index (χ0n) is 19.2. The molecule has 1 fully saturated rings. The van der Waals surface area contributed by atoms with Crippen LogP contribution in [0.2, 0.25) is 0 Å². The SMILES string of the molecule is CN(CCCN1CCCCC1)Cc1ccc(-c2oc3c(O)c(O)ccc3c(=O)c2O)cc1.Cl.Cl. The van der Waals surface area contributed by atoms with Crippen LogP contribution in [0.4, 0.5) is 0 Å². The molecular formula is C25H32Cl2N2O5. The van der Waals surface area contributed by atoms with Crippen LogP contribution < -0.4 is 5.43 Å². The monoisotopic (exact) mass is 510 g/mol. The average Bonchev–Trinajstić information content (AvgIpc) is 2.80.